The zero-order valence-corrected chi connectivity index (χ0v) is 14.6. The van der Waals surface area contributed by atoms with Crippen LogP contribution in [0.4, 0.5) is 11.5 Å². The van der Waals surface area contributed by atoms with Gasteiger partial charge in [0.25, 0.3) is 0 Å². The summed E-state index contributed by atoms with van der Waals surface area (Å²) in [7, 11) is 1.64. The molecule has 0 aliphatic rings. The number of aryl methyl sites for hydroxylation is 1. The van der Waals surface area contributed by atoms with E-state index in [1.165, 1.54) is 12.3 Å². The summed E-state index contributed by atoms with van der Waals surface area (Å²) in [6, 6.07) is 6.93. The molecule has 0 atom stereocenters. The van der Waals surface area contributed by atoms with Crippen LogP contribution in [0.5, 0.6) is 11.6 Å². The average Bonchev–Trinajstić information content (AvgIpc) is 2.64. The lowest BCUT2D eigenvalue weighted by molar-refractivity contribution is -0.111. The fourth-order valence-corrected chi connectivity index (χ4v) is 1.94. The number of benzene rings is 1. The first-order valence-corrected chi connectivity index (χ1v) is 7.71. The Labute approximate surface area is 154 Å². The van der Waals surface area contributed by atoms with Crippen molar-refractivity contribution < 1.29 is 12.4 Å². The predicted octanol–water partition coefficient (Wildman–Crippen LogP) is 3.11. The fourth-order valence-electron chi connectivity index (χ4n) is 1.94. The Hall–Kier alpha value is -3.68. The van der Waals surface area contributed by atoms with E-state index in [2.05, 4.69) is 32.2 Å². The van der Waals surface area contributed by atoms with Crippen molar-refractivity contribution in [3.63, 3.8) is 0 Å². The lowest BCUT2D eigenvalue weighted by Gasteiger charge is -2.11. The van der Waals surface area contributed by atoms with Crippen molar-refractivity contribution in [2.45, 2.75) is 6.92 Å². The summed E-state index contributed by atoms with van der Waals surface area (Å²) in [6.07, 6.45) is 5.70. The molecule has 8 nitrogen and oxygen atoms in total. The number of hydrogen-bond acceptors (Lipinski definition) is 7. The molecule has 138 valence electrons. The van der Waals surface area contributed by atoms with Crippen molar-refractivity contribution in [3.8, 4) is 11.6 Å². The smallest absolute Gasteiger partial charge is 0.247 e. The molecule has 0 bridgehead atoms. The van der Waals surface area contributed by atoms with Crippen LogP contribution in [0.2, 0.25) is 0 Å². The van der Waals surface area contributed by atoms with Crippen LogP contribution in [0.15, 0.2) is 60.0 Å². The van der Waals surface area contributed by atoms with Gasteiger partial charge in [-0.2, -0.15) is 4.98 Å². The molecule has 0 saturated carbocycles. The third-order valence-electron chi connectivity index (χ3n) is 3.13. The zero-order chi connectivity index (χ0) is 18.9. The molecule has 8 heteroatoms. The van der Waals surface area contributed by atoms with E-state index in [0.717, 1.165) is 0 Å². The lowest BCUT2D eigenvalue weighted by Crippen LogP contribution is -2.07. The zero-order valence-electron chi connectivity index (χ0n) is 14.6. The number of amides is 1. The minimum absolute atomic E-state index is 0. The molecule has 0 fully saturated rings. The van der Waals surface area contributed by atoms with E-state index in [9.17, 15) is 4.79 Å². The van der Waals surface area contributed by atoms with Gasteiger partial charge in [-0.25, -0.2) is 0 Å². The molecule has 2 rings (SSSR count). The largest absolute Gasteiger partial charge is 0.437 e. The van der Waals surface area contributed by atoms with E-state index >= 15 is 0 Å². The van der Waals surface area contributed by atoms with Crippen LogP contribution in [0.3, 0.4) is 0 Å². The number of aliphatic imine (C=N–C) groups is 1. The van der Waals surface area contributed by atoms with Gasteiger partial charge in [0.1, 0.15) is 5.75 Å². The number of carbonyl (C=O) groups is 1. The van der Waals surface area contributed by atoms with E-state index in [4.69, 9.17) is 10.5 Å². The number of nitrogens with one attached hydrogen (secondary N) is 2. The maximum absolute atomic E-state index is 11.4. The summed E-state index contributed by atoms with van der Waals surface area (Å²) in [4.78, 5) is 23.9. The van der Waals surface area contributed by atoms with E-state index in [1.807, 2.05) is 0 Å². The molecule has 1 amide bonds. The summed E-state index contributed by atoms with van der Waals surface area (Å²) in [5.74, 6) is 0.986. The molecule has 0 saturated heterocycles. The molecular formula is C18H24N6O2. The van der Waals surface area contributed by atoms with Crippen molar-refractivity contribution in [2.75, 3.05) is 17.7 Å². The Morgan fingerprint density at radius 3 is 2.92 bits per heavy atom. The number of ether oxygens (including phenoxy) is 1. The first-order chi connectivity index (χ1) is 12.5. The van der Waals surface area contributed by atoms with Crippen molar-refractivity contribution >= 4 is 23.6 Å². The number of allylic oxidation sites excluding steroid dienone is 1. The molecule has 0 aliphatic heterocycles. The van der Waals surface area contributed by atoms with Gasteiger partial charge < -0.3 is 21.1 Å². The number of aromatic nitrogens is 2. The second-order valence-corrected chi connectivity index (χ2v) is 5.10. The molecule has 1 aromatic carbocycles. The maximum atomic E-state index is 11.4. The number of nitrogens with zero attached hydrogens (tertiary/aromatic N) is 3. The minimum Gasteiger partial charge on any atom is -0.437 e. The molecular weight excluding hydrogens is 332 g/mol. The highest BCUT2D eigenvalue weighted by Gasteiger charge is 2.08. The van der Waals surface area contributed by atoms with Gasteiger partial charge in [-0.05, 0) is 25.1 Å². The first-order valence-electron chi connectivity index (χ1n) is 7.71. The van der Waals surface area contributed by atoms with Crippen LogP contribution in [0.1, 0.15) is 8.55 Å². The maximum Gasteiger partial charge on any atom is 0.247 e. The molecule has 0 radical (unpaired) electrons. The van der Waals surface area contributed by atoms with Crippen LogP contribution in [-0.2, 0) is 4.79 Å². The standard InChI is InChI=1S/C18H20N6O2.2H2/c1-4-17(25)23-13-6-5-7-15(8-13)26-18-12(2)21-11-16(24-18)22-14(9-19)10-20-3;;/h4-11H,1,19H2,2-3H3,(H,22,24)(H,23,25);2*1H/b14-9+,20-10?;;. The monoisotopic (exact) mass is 356 g/mol. The van der Waals surface area contributed by atoms with E-state index in [-0.39, 0.29) is 8.76 Å². The third kappa shape index (κ3) is 5.17. The Morgan fingerprint density at radius 1 is 1.42 bits per heavy atom. The number of carbonyl (C=O) groups excluding carboxylic acids is 1. The Balaban J connectivity index is 0.00000364. The number of hydrogen-bond donors (Lipinski definition) is 3. The van der Waals surface area contributed by atoms with E-state index < -0.39 is 0 Å². The SMILES string of the molecule is C=CC(=O)Nc1cccc(Oc2nc(N/C(C=NC)=C/N)cnc2C)c1.[HH].[HH]. The van der Waals surface area contributed by atoms with Crippen LogP contribution in [0.25, 0.3) is 0 Å². The van der Waals surface area contributed by atoms with E-state index in [0.29, 0.717) is 34.5 Å². The number of anilines is 2. The summed E-state index contributed by atoms with van der Waals surface area (Å²) in [6.45, 7) is 5.20. The Morgan fingerprint density at radius 2 is 2.23 bits per heavy atom. The molecule has 4 N–H and O–H groups in total. The highest BCUT2D eigenvalue weighted by molar-refractivity contribution is 5.98. The van der Waals surface area contributed by atoms with Gasteiger partial charge in [-0.3, -0.25) is 14.8 Å². The van der Waals surface area contributed by atoms with Crippen LogP contribution < -0.4 is 21.1 Å². The van der Waals surface area contributed by atoms with Crippen LogP contribution >= 0.6 is 0 Å². The van der Waals surface area contributed by atoms with Crippen LogP contribution in [0, 0.1) is 6.92 Å². The van der Waals surface area contributed by atoms with Gasteiger partial charge in [0, 0.05) is 34.1 Å². The van der Waals surface area contributed by atoms with Crippen molar-refractivity contribution in [1.29, 1.82) is 0 Å². The van der Waals surface area contributed by atoms with Crippen molar-refractivity contribution in [3.05, 3.63) is 60.7 Å². The van der Waals surface area contributed by atoms with Gasteiger partial charge >= 0.3 is 0 Å². The quantitative estimate of drug-likeness (QED) is 0.519. The average molecular weight is 356 g/mol. The second-order valence-electron chi connectivity index (χ2n) is 5.10. The predicted molar refractivity (Wildman–Crippen MR) is 107 cm³/mol. The van der Waals surface area contributed by atoms with Crippen molar-refractivity contribution in [1.82, 2.24) is 9.97 Å². The molecule has 2 aromatic rings. The summed E-state index contributed by atoms with van der Waals surface area (Å²) >= 11 is 0. The minimum atomic E-state index is -0.303. The fraction of sp³-hybridized carbons (Fsp3) is 0.111. The van der Waals surface area contributed by atoms with Gasteiger partial charge in [0.2, 0.25) is 11.8 Å². The molecule has 0 unspecified atom stereocenters. The Kier molecular flexibility index (Phi) is 6.44. The van der Waals surface area contributed by atoms with Gasteiger partial charge in [-0.1, -0.05) is 12.6 Å². The summed E-state index contributed by atoms with van der Waals surface area (Å²) in [5.41, 5.74) is 7.30. The molecule has 1 heterocycles. The highest BCUT2D eigenvalue weighted by Crippen LogP contribution is 2.25. The van der Waals surface area contributed by atoms with Gasteiger partial charge in [0.15, 0.2) is 5.82 Å². The highest BCUT2D eigenvalue weighted by atomic mass is 16.5. The van der Waals surface area contributed by atoms with Crippen molar-refractivity contribution in [2.24, 2.45) is 10.7 Å². The second kappa shape index (κ2) is 8.97. The molecule has 0 aliphatic carbocycles. The normalized spacial score (nSPS) is 11.2. The summed E-state index contributed by atoms with van der Waals surface area (Å²) in [5, 5.41) is 5.66. The molecule has 26 heavy (non-hydrogen) atoms. The van der Waals surface area contributed by atoms with Crippen LogP contribution in [-0.4, -0.2) is 29.1 Å². The Bertz CT molecular complexity index is 871. The van der Waals surface area contributed by atoms with Gasteiger partial charge in [-0.15, -0.1) is 0 Å². The first kappa shape index (κ1) is 18.7. The van der Waals surface area contributed by atoms with E-state index in [1.54, 1.807) is 50.6 Å². The molecule has 1 aromatic heterocycles. The topological polar surface area (TPSA) is 115 Å². The van der Waals surface area contributed by atoms with Gasteiger partial charge in [0.05, 0.1) is 17.6 Å². The third-order valence-corrected chi connectivity index (χ3v) is 3.13. The lowest BCUT2D eigenvalue weighted by atomic mass is 10.3. The number of rotatable bonds is 7. The molecule has 0 spiro atoms. The number of nitrogens with two attached hydrogens (primary N) is 1. The summed E-state index contributed by atoms with van der Waals surface area (Å²) < 4.78 is 5.81.